The number of ether oxygens (including phenoxy) is 6. The predicted molar refractivity (Wildman–Crippen MR) is 379 cm³/mol. The molecule has 0 amide bonds. The highest BCUT2D eigenvalue weighted by Gasteiger charge is 2.33. The van der Waals surface area contributed by atoms with Crippen molar-refractivity contribution >= 4 is 76.6 Å². The number of likely N-dealkylation sites (tertiary alicyclic amines) is 3. The average molecular weight is 1400 g/mol. The first-order chi connectivity index (χ1) is 46.9. The fourth-order valence-electron chi connectivity index (χ4n) is 11.8. The third-order valence-corrected chi connectivity index (χ3v) is 16.4. The van der Waals surface area contributed by atoms with Gasteiger partial charge in [-0.25, -0.2) is 9.97 Å². The molecule has 3 saturated heterocycles. The molecular weight excluding hydrogens is 1300 g/mol. The maximum Gasteiger partial charge on any atom is 0.353 e. The maximum atomic E-state index is 12.4. The molecule has 10 rings (SSSR count). The van der Waals surface area contributed by atoms with E-state index in [-0.39, 0.29) is 125 Å². The van der Waals surface area contributed by atoms with Crippen LogP contribution in [0.15, 0.2) is 72.8 Å². The van der Waals surface area contributed by atoms with E-state index in [0.29, 0.717) is 43.5 Å². The molecule has 6 aromatic rings. The number of anilines is 6. The Morgan fingerprint density at radius 3 is 1.39 bits per heavy atom. The van der Waals surface area contributed by atoms with Gasteiger partial charge in [0.1, 0.15) is 43.8 Å². The summed E-state index contributed by atoms with van der Waals surface area (Å²) in [6.07, 6.45) is 7.62. The van der Waals surface area contributed by atoms with Crippen molar-refractivity contribution in [1.82, 2.24) is 44.6 Å². The summed E-state index contributed by atoms with van der Waals surface area (Å²) in [5.41, 5.74) is 24.1. The molecule has 4 aliphatic rings. The number of nitrogen functional groups attached to an aromatic ring is 3. The number of benzene rings is 3. The van der Waals surface area contributed by atoms with Crippen molar-refractivity contribution in [1.29, 1.82) is 0 Å². The molecule has 540 valence electrons. The van der Waals surface area contributed by atoms with Gasteiger partial charge in [-0.1, -0.05) is 80.2 Å². The first-order valence-electron chi connectivity index (χ1n) is 32.6. The standard InChI is InChI=1S/C23H32N6O6.C22H29N5O3.C21H28N6O4S.CH4.FH.H2/c1-3-34-19(30)16-28(15-18-8-6-7-17(13-18)14-27-9-4-5-10-27)22-20(29(31)32)21(24)25-23(26-22)35-12-11-33-2;1-29-9-10-30-22-24-20(23)19-12-18(28)15-27(21(19)25-22)14-17-6-4-5-16(11-17)13-26-7-2-3-8-26;1-2-31-18(28)13-26(21-19(27(29)30)20(22)23-17(14-32)24-21)12-16-7-5-6-15(10-16)11-25-8-3-4-9-25;;;/h6-8,13H,3-5,9-12,14-16H2,1-2H3,(H2,24,25,26);4-6,11H,2-3,7-10,12-15H2,1H3,(H2,23,24,25);5-7,10,32H,2-4,8-9,11-14H2,1H3,(H2,22,23,24);1H4;2*1H/i;;;;;1+1. The molecule has 32 heteroatoms. The zero-order valence-electron chi connectivity index (χ0n) is 56.1. The van der Waals surface area contributed by atoms with E-state index < -0.39 is 33.2 Å². The van der Waals surface area contributed by atoms with Crippen LogP contribution >= 0.6 is 12.6 Å². The van der Waals surface area contributed by atoms with Crippen molar-refractivity contribution < 1.29 is 58.8 Å². The summed E-state index contributed by atoms with van der Waals surface area (Å²) < 4.78 is 31.2. The molecule has 0 aliphatic carbocycles. The Morgan fingerprint density at radius 1 is 0.576 bits per heavy atom. The number of nitro groups is 2. The highest BCUT2D eigenvalue weighted by molar-refractivity contribution is 7.79. The molecule has 0 saturated carbocycles. The number of carbonyl (C=O) groups is 3. The maximum absolute atomic E-state index is 12.4. The van der Waals surface area contributed by atoms with Crippen molar-refractivity contribution in [2.45, 2.75) is 111 Å². The van der Waals surface area contributed by atoms with Crippen molar-refractivity contribution in [3.8, 4) is 12.0 Å². The third kappa shape index (κ3) is 23.8. The van der Waals surface area contributed by atoms with E-state index in [4.69, 9.17) is 45.6 Å². The first kappa shape index (κ1) is 78.8. The summed E-state index contributed by atoms with van der Waals surface area (Å²) in [6.45, 7) is 15.0. The van der Waals surface area contributed by atoms with E-state index in [1.54, 1.807) is 21.0 Å². The lowest BCUT2D eigenvalue weighted by atomic mass is 10.0. The molecule has 3 aromatic heterocycles. The van der Waals surface area contributed by atoms with Crippen LogP contribution in [0.2, 0.25) is 0 Å². The van der Waals surface area contributed by atoms with Gasteiger partial charge in [0.25, 0.3) is 0 Å². The highest BCUT2D eigenvalue weighted by atomic mass is 32.1. The van der Waals surface area contributed by atoms with Crippen LogP contribution in [0.3, 0.4) is 0 Å². The third-order valence-electron chi connectivity index (χ3n) is 16.2. The van der Waals surface area contributed by atoms with E-state index in [1.807, 2.05) is 47.4 Å². The van der Waals surface area contributed by atoms with E-state index in [2.05, 4.69) is 87.6 Å². The van der Waals surface area contributed by atoms with Crippen LogP contribution in [-0.4, -0.2) is 185 Å². The monoisotopic (exact) mass is 1400 g/mol. The number of ketones is 1. The zero-order chi connectivity index (χ0) is 69.2. The Bertz CT molecular complexity index is 3630. The number of nitrogens with two attached hydrogens (primary N) is 3. The second-order valence-electron chi connectivity index (χ2n) is 23.6. The molecule has 6 N–H and O–H groups in total. The van der Waals surface area contributed by atoms with Crippen LogP contribution in [0.25, 0.3) is 0 Å². The average Bonchev–Trinajstić information content (AvgIpc) is 1.00. The number of halogens is 1. The Balaban J connectivity index is 0.000000267. The fraction of sp³-hybridized carbons (Fsp3) is 0.507. The second kappa shape index (κ2) is 40.0. The number of nitrogens with zero attached hydrogens (tertiary/aromatic N) is 14. The summed E-state index contributed by atoms with van der Waals surface area (Å²) >= 11 is 4.17. The normalized spacial score (nSPS) is 14.3. The van der Waals surface area contributed by atoms with Crippen LogP contribution in [0.4, 0.5) is 51.0 Å². The molecular formula is C67H96FN17O13S. The molecule has 30 nitrogen and oxygen atoms in total. The Hall–Kier alpha value is -9.21. The Labute approximate surface area is 583 Å². The molecule has 3 aromatic carbocycles. The number of fused-ring (bicyclic) bond motifs is 1. The van der Waals surface area contributed by atoms with Gasteiger partial charge in [0.05, 0.1) is 48.6 Å². The smallest absolute Gasteiger partial charge is 0.353 e. The van der Waals surface area contributed by atoms with Crippen LogP contribution in [0, 0.1) is 20.2 Å². The van der Waals surface area contributed by atoms with Gasteiger partial charge in [0.2, 0.25) is 23.3 Å². The van der Waals surface area contributed by atoms with Crippen molar-refractivity contribution in [3.05, 3.63) is 138 Å². The predicted octanol–water partition coefficient (Wildman–Crippen LogP) is 7.57. The second-order valence-corrected chi connectivity index (χ2v) is 23.9. The minimum Gasteiger partial charge on any atom is -0.465 e. The number of Topliss-reactive ketones (excluding diaryl/α,β-unsaturated/α-hetero) is 1. The lowest BCUT2D eigenvalue weighted by Gasteiger charge is -2.30. The van der Waals surface area contributed by atoms with Crippen LogP contribution in [0.1, 0.15) is 106 Å². The molecule has 0 bridgehead atoms. The molecule has 4 aliphatic heterocycles. The Morgan fingerprint density at radius 2 is 0.970 bits per heavy atom. The Kier molecular flexibility index (Phi) is 31.8. The molecule has 3 fully saturated rings. The molecule has 99 heavy (non-hydrogen) atoms. The van der Waals surface area contributed by atoms with Crippen LogP contribution < -0.4 is 41.4 Å². The van der Waals surface area contributed by atoms with Gasteiger partial charge in [0, 0.05) is 66.9 Å². The van der Waals surface area contributed by atoms with E-state index in [1.165, 1.54) is 74.1 Å². The van der Waals surface area contributed by atoms with E-state index >= 15 is 0 Å². The summed E-state index contributed by atoms with van der Waals surface area (Å²) in [5.74, 6) is -0.348. The van der Waals surface area contributed by atoms with Gasteiger partial charge in [-0.15, -0.1) is 0 Å². The van der Waals surface area contributed by atoms with Crippen LogP contribution in [0.5, 0.6) is 12.0 Å². The summed E-state index contributed by atoms with van der Waals surface area (Å²) in [6, 6.07) is 24.5. The van der Waals surface area contributed by atoms with E-state index in [0.717, 1.165) is 73.6 Å². The zero-order valence-corrected chi connectivity index (χ0v) is 57.0. The lowest BCUT2D eigenvalue weighted by molar-refractivity contribution is -0.383. The number of thiol groups is 1. The van der Waals surface area contributed by atoms with Crippen molar-refractivity contribution in [3.63, 3.8) is 0 Å². The van der Waals surface area contributed by atoms with Gasteiger partial charge in [-0.3, -0.25) is 54.0 Å². The number of aromatic nitrogens is 6. The van der Waals surface area contributed by atoms with Gasteiger partial charge in [0.15, 0.2) is 5.78 Å². The van der Waals surface area contributed by atoms with Gasteiger partial charge in [-0.05, 0) is 125 Å². The highest BCUT2D eigenvalue weighted by Crippen LogP contribution is 2.36. The molecule has 0 atom stereocenters. The first-order valence-corrected chi connectivity index (χ1v) is 33.2. The minimum atomic E-state index is -0.661. The SMILES string of the molecule is C.CCOC(=O)CN(Cc1cccc(CN2CCCC2)c1)c1nc(CS)nc(N)c1[N+](=O)[O-].CCOC(=O)CN(Cc1cccc(CN2CCCC2)c1)c1nc(OCCOC)nc(N)c1[N+](=O)[O-].COCCOc1nc(N)c2c(n1)N(Cc1cccc(CN3CCCC3)c1)CC(=O)C2.F.[2HH]. The number of carbonyl (C=O) groups excluding carboxylic acids is 3. The molecule has 7 heterocycles. The van der Waals surface area contributed by atoms with Crippen molar-refractivity contribution in [2.24, 2.45) is 0 Å². The largest absolute Gasteiger partial charge is 0.465 e. The van der Waals surface area contributed by atoms with E-state index in [9.17, 15) is 34.6 Å². The van der Waals surface area contributed by atoms with Gasteiger partial charge in [-0.2, -0.15) is 32.6 Å². The topological polar surface area (TPSA) is 368 Å². The number of rotatable bonds is 31. The number of hydrogen-bond donors (Lipinski definition) is 4. The summed E-state index contributed by atoms with van der Waals surface area (Å²) in [7, 11) is 3.12. The van der Waals surface area contributed by atoms with Gasteiger partial charge < -0.3 is 60.3 Å². The quantitative estimate of drug-likeness (QED) is 0.0107. The lowest BCUT2D eigenvalue weighted by Crippen LogP contribution is -2.36. The van der Waals surface area contributed by atoms with Crippen molar-refractivity contribution in [2.75, 3.05) is 145 Å². The minimum absolute atomic E-state index is 0. The number of methoxy groups -OCH3 is 2. The van der Waals surface area contributed by atoms with Crippen LogP contribution in [-0.2, 0) is 84.8 Å². The molecule has 0 spiro atoms. The number of esters is 2. The number of hydrogen-bond acceptors (Lipinski definition) is 29. The van der Waals surface area contributed by atoms with Gasteiger partial charge >= 0.3 is 35.3 Å². The summed E-state index contributed by atoms with van der Waals surface area (Å²) in [4.78, 5) is 96.8. The molecule has 0 unspecified atom stereocenters. The fourth-order valence-corrected chi connectivity index (χ4v) is 12.0. The molecule has 0 radical (unpaired) electrons. The summed E-state index contributed by atoms with van der Waals surface area (Å²) in [5, 5.41) is 23.6.